The minimum atomic E-state index is -0.557. The van der Waals surface area contributed by atoms with Gasteiger partial charge in [0.25, 0.3) is 0 Å². The Hall–Kier alpha value is -3.68. The first-order valence-electron chi connectivity index (χ1n) is 18.3. The summed E-state index contributed by atoms with van der Waals surface area (Å²) in [7, 11) is 0. The molecule has 11 nitrogen and oxygen atoms in total. The third-order valence-electron chi connectivity index (χ3n) is 10.1. The first-order valence-corrected chi connectivity index (χ1v) is 18.3. The van der Waals surface area contributed by atoms with Crippen LogP contribution in [0.4, 0.5) is 0 Å². The van der Waals surface area contributed by atoms with Crippen LogP contribution < -0.4 is 10.8 Å². The van der Waals surface area contributed by atoms with E-state index in [0.29, 0.717) is 32.6 Å². The number of likely N-dealkylation sites (tertiary alicyclic amines) is 1. The van der Waals surface area contributed by atoms with E-state index in [-0.39, 0.29) is 37.0 Å². The molecule has 1 spiro atoms. The molecule has 3 aromatic rings. The number of hydroxylamine groups is 1. The zero-order valence-electron chi connectivity index (χ0n) is 29.3. The SMILES string of the molecule is O=C(CCCCCCC(=O)NCc1cccc(-c2cccc(C3OC(CN4CCC5(CC4)OCCO5)CC(c4ccc(CO)cc4)O3)c2)c1)NO. The maximum Gasteiger partial charge on any atom is 0.243 e. The van der Waals surface area contributed by atoms with Crippen LogP contribution in [0.2, 0.25) is 0 Å². The average Bonchev–Trinajstić information content (AvgIpc) is 3.64. The van der Waals surface area contributed by atoms with Crippen LogP contribution in [-0.4, -0.2) is 71.8 Å². The number of nitrogens with one attached hydrogen (secondary N) is 2. The van der Waals surface area contributed by atoms with Gasteiger partial charge < -0.3 is 34.3 Å². The van der Waals surface area contributed by atoms with Crippen LogP contribution in [0.3, 0.4) is 0 Å². The van der Waals surface area contributed by atoms with Gasteiger partial charge in [0, 0.05) is 63.8 Å². The van der Waals surface area contributed by atoms with E-state index in [2.05, 4.69) is 34.5 Å². The lowest BCUT2D eigenvalue weighted by Crippen LogP contribution is -2.48. The van der Waals surface area contributed by atoms with Crippen LogP contribution in [0.5, 0.6) is 0 Å². The Morgan fingerprint density at radius 3 is 2.18 bits per heavy atom. The second-order valence-electron chi connectivity index (χ2n) is 13.8. The fourth-order valence-electron chi connectivity index (χ4n) is 7.18. The molecule has 0 radical (unpaired) electrons. The molecule has 3 aromatic carbocycles. The summed E-state index contributed by atoms with van der Waals surface area (Å²) in [5, 5.41) is 21.2. The zero-order chi connectivity index (χ0) is 35.5. The molecule has 3 heterocycles. The largest absolute Gasteiger partial charge is 0.392 e. The van der Waals surface area contributed by atoms with Crippen LogP contribution in [0.25, 0.3) is 11.1 Å². The van der Waals surface area contributed by atoms with Crippen molar-refractivity contribution >= 4 is 11.8 Å². The Bertz CT molecular complexity index is 1570. The quantitative estimate of drug-likeness (QED) is 0.0894. The number of aliphatic hydroxyl groups is 1. The first kappa shape index (κ1) is 37.1. The van der Waals surface area contributed by atoms with Crippen molar-refractivity contribution in [2.75, 3.05) is 32.8 Å². The van der Waals surface area contributed by atoms with Gasteiger partial charge in [-0.05, 0) is 52.8 Å². The van der Waals surface area contributed by atoms with E-state index in [9.17, 15) is 14.7 Å². The van der Waals surface area contributed by atoms with Gasteiger partial charge in [0.05, 0.1) is 32.0 Å². The number of benzene rings is 3. The number of rotatable bonds is 15. The van der Waals surface area contributed by atoms with Gasteiger partial charge in [0.2, 0.25) is 11.8 Å². The maximum atomic E-state index is 12.5. The summed E-state index contributed by atoms with van der Waals surface area (Å²) in [6, 6.07) is 24.4. The standard InChI is InChI=1S/C40H51N3O8/c44-28-29-13-15-31(16-14-29)36-25-35(27-43-19-17-40(18-20-43)48-21-22-49-40)50-39(51-36)34-10-6-9-33(24-34)32-8-5-7-30(23-32)26-41-37(45)11-3-1-2-4-12-38(46)42-47/h5-10,13-16,23-24,35-36,39,44,47H,1-4,11-12,17-22,25-28H2,(H,41,45)(H,42,46). The third-order valence-corrected chi connectivity index (χ3v) is 10.1. The zero-order valence-corrected chi connectivity index (χ0v) is 29.3. The summed E-state index contributed by atoms with van der Waals surface area (Å²) < 4.78 is 25.3. The molecule has 3 aliphatic rings. The van der Waals surface area contributed by atoms with E-state index in [1.807, 2.05) is 48.5 Å². The van der Waals surface area contributed by atoms with Crippen molar-refractivity contribution < 1.29 is 38.9 Å². The first-order chi connectivity index (χ1) is 24.9. The number of unbranched alkanes of at least 4 members (excludes halogenated alkanes) is 3. The molecule has 3 unspecified atom stereocenters. The molecule has 0 saturated carbocycles. The number of carbonyl (C=O) groups is 2. The Morgan fingerprint density at radius 2 is 1.47 bits per heavy atom. The molecule has 2 amide bonds. The monoisotopic (exact) mass is 701 g/mol. The summed E-state index contributed by atoms with van der Waals surface area (Å²) >= 11 is 0. The normalized spacial score (nSPS) is 21.8. The number of amides is 2. The number of carbonyl (C=O) groups excluding carboxylic acids is 2. The molecule has 51 heavy (non-hydrogen) atoms. The third kappa shape index (κ3) is 10.4. The van der Waals surface area contributed by atoms with Crippen molar-refractivity contribution in [2.24, 2.45) is 0 Å². The van der Waals surface area contributed by atoms with Gasteiger partial charge >= 0.3 is 0 Å². The fraction of sp³-hybridized carbons (Fsp3) is 0.500. The summed E-state index contributed by atoms with van der Waals surface area (Å²) in [5.41, 5.74) is 7.59. The molecule has 3 saturated heterocycles. The highest BCUT2D eigenvalue weighted by molar-refractivity contribution is 5.76. The van der Waals surface area contributed by atoms with Crippen molar-refractivity contribution in [3.63, 3.8) is 0 Å². The topological polar surface area (TPSA) is 139 Å². The van der Waals surface area contributed by atoms with Gasteiger partial charge in [-0.15, -0.1) is 0 Å². The number of nitrogens with zero attached hydrogens (tertiary/aromatic N) is 1. The minimum absolute atomic E-state index is 0.000915. The second-order valence-corrected chi connectivity index (χ2v) is 13.8. The van der Waals surface area contributed by atoms with Gasteiger partial charge in [-0.1, -0.05) is 73.5 Å². The predicted molar refractivity (Wildman–Crippen MR) is 190 cm³/mol. The lowest BCUT2D eigenvalue weighted by atomic mass is 9.97. The van der Waals surface area contributed by atoms with Crippen molar-refractivity contribution in [3.8, 4) is 11.1 Å². The molecule has 274 valence electrons. The van der Waals surface area contributed by atoms with Gasteiger partial charge in [-0.25, -0.2) is 5.48 Å². The molecule has 3 fully saturated rings. The van der Waals surface area contributed by atoms with Crippen LogP contribution in [0, 0.1) is 0 Å². The summed E-state index contributed by atoms with van der Waals surface area (Å²) in [6.45, 7) is 4.34. The molecule has 11 heteroatoms. The average molecular weight is 702 g/mol. The van der Waals surface area contributed by atoms with Crippen LogP contribution in [0.1, 0.15) is 92.4 Å². The number of hydrogen-bond donors (Lipinski definition) is 4. The molecule has 3 atom stereocenters. The number of hydrogen-bond acceptors (Lipinski definition) is 9. The number of ether oxygens (including phenoxy) is 4. The minimum Gasteiger partial charge on any atom is -0.392 e. The van der Waals surface area contributed by atoms with Crippen molar-refractivity contribution in [3.05, 3.63) is 95.1 Å². The summed E-state index contributed by atoms with van der Waals surface area (Å²) in [4.78, 5) is 26.0. The van der Waals surface area contributed by atoms with Crippen LogP contribution in [-0.2, 0) is 41.7 Å². The lowest BCUT2D eigenvalue weighted by molar-refractivity contribution is -0.255. The predicted octanol–water partition coefficient (Wildman–Crippen LogP) is 5.69. The second kappa shape index (κ2) is 18.2. The Balaban J connectivity index is 1.08. The van der Waals surface area contributed by atoms with Crippen LogP contribution >= 0.6 is 0 Å². The number of aliphatic hydroxyl groups excluding tert-OH is 1. The molecule has 0 aliphatic carbocycles. The van der Waals surface area contributed by atoms with E-state index in [4.69, 9.17) is 24.2 Å². The van der Waals surface area contributed by atoms with E-state index < -0.39 is 12.1 Å². The fourth-order valence-corrected chi connectivity index (χ4v) is 7.18. The van der Waals surface area contributed by atoms with E-state index in [1.54, 1.807) is 5.48 Å². The molecule has 0 aromatic heterocycles. The maximum absolute atomic E-state index is 12.5. The van der Waals surface area contributed by atoms with Gasteiger partial charge in [-0.2, -0.15) is 0 Å². The molecule has 3 aliphatic heterocycles. The van der Waals surface area contributed by atoms with E-state index in [0.717, 1.165) is 91.5 Å². The van der Waals surface area contributed by atoms with E-state index in [1.165, 1.54) is 0 Å². The van der Waals surface area contributed by atoms with Crippen LogP contribution in [0.15, 0.2) is 72.8 Å². The Morgan fingerprint density at radius 1 is 0.784 bits per heavy atom. The number of piperidine rings is 1. The molecule has 6 rings (SSSR count). The summed E-state index contributed by atoms with van der Waals surface area (Å²) in [6.07, 6.45) is 5.51. The van der Waals surface area contributed by atoms with Crippen molar-refractivity contribution in [1.29, 1.82) is 0 Å². The highest BCUT2D eigenvalue weighted by Gasteiger charge is 2.41. The highest BCUT2D eigenvalue weighted by atomic mass is 16.7. The Kier molecular flexibility index (Phi) is 13.2. The highest BCUT2D eigenvalue weighted by Crippen LogP contribution is 2.40. The molecule has 0 bridgehead atoms. The van der Waals surface area contributed by atoms with E-state index >= 15 is 0 Å². The smallest absolute Gasteiger partial charge is 0.243 e. The van der Waals surface area contributed by atoms with Crippen molar-refractivity contribution in [2.45, 2.75) is 95.2 Å². The molecular weight excluding hydrogens is 650 g/mol. The summed E-state index contributed by atoms with van der Waals surface area (Å²) in [5.74, 6) is -0.796. The van der Waals surface area contributed by atoms with Gasteiger partial charge in [-0.3, -0.25) is 14.8 Å². The molecular formula is C40H51N3O8. The molecule has 4 N–H and O–H groups in total. The Labute approximate surface area is 300 Å². The van der Waals surface area contributed by atoms with Crippen molar-refractivity contribution in [1.82, 2.24) is 15.7 Å². The van der Waals surface area contributed by atoms with Gasteiger partial charge in [0.15, 0.2) is 12.1 Å². The van der Waals surface area contributed by atoms with Gasteiger partial charge in [0.1, 0.15) is 0 Å². The lowest BCUT2D eigenvalue weighted by Gasteiger charge is -2.41.